The molecule has 1 amide bonds. The molecule has 0 bridgehead atoms. The van der Waals surface area contributed by atoms with E-state index < -0.39 is 12.1 Å². The number of aliphatic hydroxyl groups is 1. The molecule has 1 unspecified atom stereocenters. The number of fused-ring (bicyclic) bond motifs is 1. The highest BCUT2D eigenvalue weighted by molar-refractivity contribution is 5.95. The van der Waals surface area contributed by atoms with Crippen LogP contribution in [0.15, 0.2) is 18.2 Å². The van der Waals surface area contributed by atoms with Gasteiger partial charge in [0.25, 0.3) is 0 Å². The van der Waals surface area contributed by atoms with Gasteiger partial charge in [-0.25, -0.2) is 4.79 Å². The highest BCUT2D eigenvalue weighted by Gasteiger charge is 2.21. The lowest BCUT2D eigenvalue weighted by Crippen LogP contribution is -2.31. The number of amides is 1. The summed E-state index contributed by atoms with van der Waals surface area (Å²) in [7, 11) is 1.76. The van der Waals surface area contributed by atoms with Crippen LogP contribution in [0.4, 0.5) is 5.69 Å². The largest absolute Gasteiger partial charge is 0.479 e. The van der Waals surface area contributed by atoms with Crippen LogP contribution in [-0.2, 0) is 22.4 Å². The van der Waals surface area contributed by atoms with Gasteiger partial charge in [-0.2, -0.15) is 0 Å². The molecule has 2 N–H and O–H groups in total. The Morgan fingerprint density at radius 1 is 1.42 bits per heavy atom. The lowest BCUT2D eigenvalue weighted by molar-refractivity contribution is -0.146. The average Bonchev–Trinajstić information content (AvgIpc) is 2.40. The number of rotatable bonds is 4. The standard InChI is InChI=1S/C14H17NO4/c1-15-11-5-2-9(3-6-12(16)14(18)19)8-10(11)4-7-13(15)17/h2,5,8,12,16H,3-4,6-7H2,1H3,(H,18,19). The summed E-state index contributed by atoms with van der Waals surface area (Å²) in [5, 5.41) is 17.9. The maximum Gasteiger partial charge on any atom is 0.332 e. The monoisotopic (exact) mass is 263 g/mol. The van der Waals surface area contributed by atoms with Crippen molar-refractivity contribution in [2.75, 3.05) is 11.9 Å². The predicted molar refractivity (Wildman–Crippen MR) is 70.1 cm³/mol. The van der Waals surface area contributed by atoms with Crippen molar-refractivity contribution in [3.05, 3.63) is 29.3 Å². The molecule has 1 aliphatic heterocycles. The van der Waals surface area contributed by atoms with Crippen LogP contribution in [0.2, 0.25) is 0 Å². The number of hydrogen-bond donors (Lipinski definition) is 2. The number of carbonyl (C=O) groups excluding carboxylic acids is 1. The third-order valence-electron chi connectivity index (χ3n) is 3.48. The normalized spacial score (nSPS) is 16.1. The van der Waals surface area contributed by atoms with E-state index in [1.807, 2.05) is 18.2 Å². The van der Waals surface area contributed by atoms with Crippen molar-refractivity contribution in [3.63, 3.8) is 0 Å². The van der Waals surface area contributed by atoms with Crippen molar-refractivity contribution in [3.8, 4) is 0 Å². The number of nitrogens with zero attached hydrogens (tertiary/aromatic N) is 1. The van der Waals surface area contributed by atoms with Gasteiger partial charge in [-0.3, -0.25) is 4.79 Å². The summed E-state index contributed by atoms with van der Waals surface area (Å²) in [6.45, 7) is 0. The maximum absolute atomic E-state index is 11.6. The van der Waals surface area contributed by atoms with Crippen molar-refractivity contribution in [2.45, 2.75) is 31.8 Å². The molecule has 19 heavy (non-hydrogen) atoms. The van der Waals surface area contributed by atoms with E-state index in [4.69, 9.17) is 5.11 Å². The number of hydrogen-bond acceptors (Lipinski definition) is 3. The molecule has 5 nitrogen and oxygen atoms in total. The summed E-state index contributed by atoms with van der Waals surface area (Å²) in [5.41, 5.74) is 3.00. The first-order valence-corrected chi connectivity index (χ1v) is 6.28. The number of aryl methyl sites for hydroxylation is 2. The summed E-state index contributed by atoms with van der Waals surface area (Å²) < 4.78 is 0. The molecule has 1 heterocycles. The minimum absolute atomic E-state index is 0.113. The van der Waals surface area contributed by atoms with Gasteiger partial charge in [-0.05, 0) is 36.5 Å². The van der Waals surface area contributed by atoms with Crippen LogP contribution < -0.4 is 4.90 Å². The Hall–Kier alpha value is -1.88. The fourth-order valence-electron chi connectivity index (χ4n) is 2.29. The Morgan fingerprint density at radius 3 is 2.84 bits per heavy atom. The predicted octanol–water partition coefficient (Wildman–Crippen LogP) is 0.974. The maximum atomic E-state index is 11.6. The van der Waals surface area contributed by atoms with Crippen molar-refractivity contribution in [1.29, 1.82) is 0 Å². The molecule has 0 spiro atoms. The second kappa shape index (κ2) is 5.40. The third-order valence-corrected chi connectivity index (χ3v) is 3.48. The molecule has 1 aromatic rings. The van der Waals surface area contributed by atoms with E-state index in [9.17, 15) is 14.7 Å². The van der Waals surface area contributed by atoms with Gasteiger partial charge in [-0.15, -0.1) is 0 Å². The first-order chi connectivity index (χ1) is 8.99. The average molecular weight is 263 g/mol. The first kappa shape index (κ1) is 13.5. The van der Waals surface area contributed by atoms with Gasteiger partial charge in [-0.1, -0.05) is 12.1 Å². The van der Waals surface area contributed by atoms with Gasteiger partial charge < -0.3 is 15.1 Å². The summed E-state index contributed by atoms with van der Waals surface area (Å²) in [6, 6.07) is 5.75. The minimum atomic E-state index is -1.32. The van der Waals surface area contributed by atoms with Crippen LogP contribution in [0.3, 0.4) is 0 Å². The summed E-state index contributed by atoms with van der Waals surface area (Å²) in [5.74, 6) is -1.08. The lowest BCUT2D eigenvalue weighted by atomic mass is 9.97. The quantitative estimate of drug-likeness (QED) is 0.848. The van der Waals surface area contributed by atoms with E-state index in [1.165, 1.54) is 0 Å². The highest BCUT2D eigenvalue weighted by Crippen LogP contribution is 2.27. The van der Waals surface area contributed by atoms with Crippen molar-refractivity contribution >= 4 is 17.6 Å². The van der Waals surface area contributed by atoms with Gasteiger partial charge in [0, 0.05) is 19.2 Å². The van der Waals surface area contributed by atoms with E-state index in [1.54, 1.807) is 11.9 Å². The van der Waals surface area contributed by atoms with E-state index >= 15 is 0 Å². The number of aliphatic hydroxyl groups excluding tert-OH is 1. The highest BCUT2D eigenvalue weighted by atomic mass is 16.4. The molecule has 2 rings (SSSR count). The molecule has 0 saturated carbocycles. The molecule has 1 aromatic carbocycles. The number of benzene rings is 1. The van der Waals surface area contributed by atoms with E-state index in [0.29, 0.717) is 19.3 Å². The van der Waals surface area contributed by atoms with Gasteiger partial charge in [0.1, 0.15) is 0 Å². The van der Waals surface area contributed by atoms with Gasteiger partial charge in [0.05, 0.1) is 0 Å². The summed E-state index contributed by atoms with van der Waals surface area (Å²) >= 11 is 0. The fraction of sp³-hybridized carbons (Fsp3) is 0.429. The van der Waals surface area contributed by atoms with Crippen LogP contribution in [0, 0.1) is 0 Å². The molecule has 0 aromatic heterocycles. The van der Waals surface area contributed by atoms with Crippen molar-refractivity contribution in [1.82, 2.24) is 0 Å². The molecule has 102 valence electrons. The van der Waals surface area contributed by atoms with Crippen LogP contribution in [0.1, 0.15) is 24.0 Å². The lowest BCUT2D eigenvalue weighted by Gasteiger charge is -2.26. The van der Waals surface area contributed by atoms with E-state index in [-0.39, 0.29) is 12.3 Å². The zero-order valence-corrected chi connectivity index (χ0v) is 10.8. The van der Waals surface area contributed by atoms with Gasteiger partial charge in [0.2, 0.25) is 5.91 Å². The zero-order valence-electron chi connectivity index (χ0n) is 10.8. The molecule has 0 fully saturated rings. The third kappa shape index (κ3) is 2.93. The van der Waals surface area contributed by atoms with Crippen LogP contribution in [-0.4, -0.2) is 35.2 Å². The van der Waals surface area contributed by atoms with Gasteiger partial charge in [0.15, 0.2) is 6.10 Å². The Balaban J connectivity index is 2.09. The fourth-order valence-corrected chi connectivity index (χ4v) is 2.29. The Bertz CT molecular complexity index is 512. The zero-order chi connectivity index (χ0) is 14.0. The van der Waals surface area contributed by atoms with E-state index in [2.05, 4.69) is 0 Å². The Kier molecular flexibility index (Phi) is 3.85. The molecular weight excluding hydrogens is 246 g/mol. The molecule has 0 saturated heterocycles. The van der Waals surface area contributed by atoms with Crippen molar-refractivity contribution in [2.24, 2.45) is 0 Å². The Labute approximate surface area is 111 Å². The first-order valence-electron chi connectivity index (χ1n) is 6.28. The second-order valence-electron chi connectivity index (χ2n) is 4.81. The molecule has 0 radical (unpaired) electrons. The smallest absolute Gasteiger partial charge is 0.332 e. The van der Waals surface area contributed by atoms with Crippen LogP contribution >= 0.6 is 0 Å². The number of carbonyl (C=O) groups is 2. The SMILES string of the molecule is CN1C(=O)CCc2cc(CCC(O)C(=O)O)ccc21. The van der Waals surface area contributed by atoms with Crippen LogP contribution in [0.25, 0.3) is 0 Å². The summed E-state index contributed by atoms with van der Waals surface area (Å²) in [6.07, 6.45) is 0.611. The second-order valence-corrected chi connectivity index (χ2v) is 4.81. The number of carboxylic acid groups (broad SMARTS) is 1. The molecular formula is C14H17NO4. The molecule has 1 atom stereocenters. The van der Waals surface area contributed by atoms with Gasteiger partial charge >= 0.3 is 5.97 Å². The molecule has 5 heteroatoms. The summed E-state index contributed by atoms with van der Waals surface area (Å²) in [4.78, 5) is 23.7. The van der Waals surface area contributed by atoms with E-state index in [0.717, 1.165) is 16.8 Å². The topological polar surface area (TPSA) is 77.8 Å². The van der Waals surface area contributed by atoms with Crippen molar-refractivity contribution < 1.29 is 19.8 Å². The molecule has 0 aliphatic carbocycles. The number of carboxylic acids is 1. The van der Waals surface area contributed by atoms with Crippen LogP contribution in [0.5, 0.6) is 0 Å². The number of anilines is 1. The number of aliphatic carboxylic acids is 1. The molecule has 1 aliphatic rings. The minimum Gasteiger partial charge on any atom is -0.479 e. The Morgan fingerprint density at radius 2 is 2.16 bits per heavy atom.